The summed E-state index contributed by atoms with van der Waals surface area (Å²) in [5.41, 5.74) is 0.380. The number of nitrogens with one attached hydrogen (secondary N) is 2. The molecule has 0 radical (unpaired) electrons. The van der Waals surface area contributed by atoms with Gasteiger partial charge < -0.3 is 10.2 Å². The van der Waals surface area contributed by atoms with E-state index in [2.05, 4.69) is 10.0 Å². The molecule has 7 nitrogen and oxygen atoms in total. The number of carbonyl (C=O) groups excluding carboxylic acids is 1. The van der Waals surface area contributed by atoms with Crippen molar-refractivity contribution in [1.29, 1.82) is 5.26 Å². The van der Waals surface area contributed by atoms with Gasteiger partial charge in [-0.2, -0.15) is 5.26 Å². The summed E-state index contributed by atoms with van der Waals surface area (Å²) in [6.45, 7) is 2.33. The van der Waals surface area contributed by atoms with Crippen molar-refractivity contribution in [3.63, 3.8) is 0 Å². The van der Waals surface area contributed by atoms with Crippen LogP contribution in [0.25, 0.3) is 0 Å². The molecule has 0 spiro atoms. The highest BCUT2D eigenvalue weighted by Gasteiger charge is 2.20. The van der Waals surface area contributed by atoms with Crippen molar-refractivity contribution in [3.8, 4) is 6.07 Å². The van der Waals surface area contributed by atoms with Gasteiger partial charge in [-0.25, -0.2) is 13.1 Å². The monoisotopic (exact) mass is 308 g/mol. The number of rotatable bonds is 4. The van der Waals surface area contributed by atoms with E-state index in [0.717, 1.165) is 0 Å². The van der Waals surface area contributed by atoms with Crippen molar-refractivity contribution in [2.24, 2.45) is 0 Å². The number of hydrogen-bond acceptors (Lipinski definition) is 5. The Bertz CT molecular complexity index is 643. The van der Waals surface area contributed by atoms with E-state index in [1.807, 2.05) is 6.07 Å². The van der Waals surface area contributed by atoms with Crippen LogP contribution in [0.4, 0.5) is 0 Å². The van der Waals surface area contributed by atoms with Gasteiger partial charge in [0.1, 0.15) is 0 Å². The third-order valence-electron chi connectivity index (χ3n) is 3.18. The highest BCUT2D eigenvalue weighted by molar-refractivity contribution is 7.89. The number of piperazine rings is 1. The van der Waals surface area contributed by atoms with Gasteiger partial charge in [0.25, 0.3) is 0 Å². The van der Waals surface area contributed by atoms with Gasteiger partial charge in [-0.1, -0.05) is 0 Å². The lowest BCUT2D eigenvalue weighted by molar-refractivity contribution is -0.130. The molecule has 0 aliphatic carbocycles. The SMILES string of the molecule is N#Cc1ccc(S(=O)(=O)NCC(=O)N2CCNCC2)cc1. The quantitative estimate of drug-likeness (QED) is 0.763. The molecule has 1 aromatic carbocycles. The van der Waals surface area contributed by atoms with Gasteiger partial charge in [0.2, 0.25) is 15.9 Å². The van der Waals surface area contributed by atoms with Gasteiger partial charge in [-0.15, -0.1) is 0 Å². The zero-order valence-corrected chi connectivity index (χ0v) is 12.2. The molecule has 1 aromatic rings. The van der Waals surface area contributed by atoms with Crippen molar-refractivity contribution >= 4 is 15.9 Å². The lowest BCUT2D eigenvalue weighted by atomic mass is 10.2. The highest BCUT2D eigenvalue weighted by atomic mass is 32.2. The first-order chi connectivity index (χ1) is 10.0. The van der Waals surface area contributed by atoms with E-state index in [9.17, 15) is 13.2 Å². The molecule has 1 saturated heterocycles. The molecule has 1 aliphatic rings. The highest BCUT2D eigenvalue weighted by Crippen LogP contribution is 2.09. The summed E-state index contributed by atoms with van der Waals surface area (Å²) >= 11 is 0. The number of nitriles is 1. The molecule has 2 rings (SSSR count). The van der Waals surface area contributed by atoms with Crippen LogP contribution in [0.1, 0.15) is 5.56 Å². The van der Waals surface area contributed by atoms with Crippen molar-refractivity contribution < 1.29 is 13.2 Å². The van der Waals surface area contributed by atoms with Crippen LogP contribution < -0.4 is 10.0 Å². The minimum atomic E-state index is -3.74. The van der Waals surface area contributed by atoms with Crippen LogP contribution in [-0.2, 0) is 14.8 Å². The summed E-state index contributed by atoms with van der Waals surface area (Å²) < 4.78 is 26.4. The Hall–Kier alpha value is -1.95. The third kappa shape index (κ3) is 4.01. The third-order valence-corrected chi connectivity index (χ3v) is 4.59. The minimum absolute atomic E-state index is 0.0367. The van der Waals surface area contributed by atoms with Gasteiger partial charge in [0.15, 0.2) is 0 Å². The Morgan fingerprint density at radius 3 is 2.48 bits per heavy atom. The molecule has 1 amide bonds. The first kappa shape index (κ1) is 15.4. The summed E-state index contributed by atoms with van der Waals surface area (Å²) in [7, 11) is -3.74. The van der Waals surface area contributed by atoms with Crippen LogP contribution in [0, 0.1) is 11.3 Å². The van der Waals surface area contributed by atoms with Gasteiger partial charge in [-0.3, -0.25) is 4.79 Å². The van der Waals surface area contributed by atoms with Crippen LogP contribution >= 0.6 is 0 Å². The maximum Gasteiger partial charge on any atom is 0.241 e. The first-order valence-electron chi connectivity index (χ1n) is 6.51. The van der Waals surface area contributed by atoms with Crippen molar-refractivity contribution in [1.82, 2.24) is 14.9 Å². The Labute approximate surface area is 123 Å². The molecule has 2 N–H and O–H groups in total. The predicted octanol–water partition coefficient (Wildman–Crippen LogP) is -0.732. The molecule has 1 aliphatic heterocycles. The van der Waals surface area contributed by atoms with Gasteiger partial charge in [0.05, 0.1) is 23.1 Å². The number of carbonyl (C=O) groups is 1. The lowest BCUT2D eigenvalue weighted by Gasteiger charge is -2.27. The van der Waals surface area contributed by atoms with Crippen molar-refractivity contribution in [2.45, 2.75) is 4.90 Å². The number of amides is 1. The fourth-order valence-electron chi connectivity index (χ4n) is 1.97. The summed E-state index contributed by atoms with van der Waals surface area (Å²) in [6, 6.07) is 7.45. The molecule has 0 aromatic heterocycles. The van der Waals surface area contributed by atoms with Gasteiger partial charge in [-0.05, 0) is 24.3 Å². The Morgan fingerprint density at radius 1 is 1.29 bits per heavy atom. The Balaban J connectivity index is 1.97. The minimum Gasteiger partial charge on any atom is -0.339 e. The number of sulfonamides is 1. The van der Waals surface area contributed by atoms with Gasteiger partial charge >= 0.3 is 0 Å². The van der Waals surface area contributed by atoms with Crippen LogP contribution in [-0.4, -0.2) is 51.9 Å². The van der Waals surface area contributed by atoms with E-state index >= 15 is 0 Å². The summed E-state index contributed by atoms with van der Waals surface area (Å²) in [6.07, 6.45) is 0. The van der Waals surface area contributed by atoms with E-state index in [0.29, 0.717) is 31.7 Å². The Kier molecular flexibility index (Phi) is 4.90. The zero-order valence-electron chi connectivity index (χ0n) is 11.4. The summed E-state index contributed by atoms with van der Waals surface area (Å²) in [5.74, 6) is -0.242. The van der Waals surface area contributed by atoms with E-state index in [1.165, 1.54) is 24.3 Å². The van der Waals surface area contributed by atoms with Crippen LogP contribution in [0.5, 0.6) is 0 Å². The largest absolute Gasteiger partial charge is 0.339 e. The van der Waals surface area contributed by atoms with Crippen LogP contribution in [0.15, 0.2) is 29.2 Å². The predicted molar refractivity (Wildman–Crippen MR) is 75.8 cm³/mol. The molecule has 0 bridgehead atoms. The average molecular weight is 308 g/mol. The molecule has 1 heterocycles. The van der Waals surface area contributed by atoms with Crippen LogP contribution in [0.2, 0.25) is 0 Å². The standard InChI is InChI=1S/C13H16N4O3S/c14-9-11-1-3-12(4-2-11)21(19,20)16-10-13(18)17-7-5-15-6-8-17/h1-4,15-16H,5-8,10H2. The molecule has 1 fully saturated rings. The van der Waals surface area contributed by atoms with E-state index in [1.54, 1.807) is 4.90 Å². The topological polar surface area (TPSA) is 102 Å². The number of nitrogens with zero attached hydrogens (tertiary/aromatic N) is 2. The van der Waals surface area contributed by atoms with Crippen molar-refractivity contribution in [2.75, 3.05) is 32.7 Å². The maximum absolute atomic E-state index is 12.0. The molecule has 21 heavy (non-hydrogen) atoms. The summed E-state index contributed by atoms with van der Waals surface area (Å²) in [5, 5.41) is 11.8. The number of benzene rings is 1. The molecule has 112 valence electrons. The van der Waals surface area contributed by atoms with Gasteiger partial charge in [0, 0.05) is 26.2 Å². The lowest BCUT2D eigenvalue weighted by Crippen LogP contribution is -2.49. The summed E-state index contributed by atoms with van der Waals surface area (Å²) in [4.78, 5) is 13.6. The molecule has 0 unspecified atom stereocenters. The zero-order chi connectivity index (χ0) is 15.3. The fraction of sp³-hybridized carbons (Fsp3) is 0.385. The van der Waals surface area contributed by atoms with E-state index in [-0.39, 0.29) is 17.3 Å². The van der Waals surface area contributed by atoms with Crippen molar-refractivity contribution in [3.05, 3.63) is 29.8 Å². The fourth-order valence-corrected chi connectivity index (χ4v) is 2.95. The second-order valence-corrected chi connectivity index (χ2v) is 6.36. The van der Waals surface area contributed by atoms with E-state index < -0.39 is 10.0 Å². The molecular weight excluding hydrogens is 292 g/mol. The average Bonchev–Trinajstić information content (AvgIpc) is 2.53. The molecule has 8 heteroatoms. The second kappa shape index (κ2) is 6.67. The number of hydrogen-bond donors (Lipinski definition) is 2. The van der Waals surface area contributed by atoms with Crippen LogP contribution in [0.3, 0.4) is 0 Å². The molecular formula is C13H16N4O3S. The maximum atomic E-state index is 12.0. The molecule has 0 atom stereocenters. The normalized spacial score (nSPS) is 15.5. The molecule has 0 saturated carbocycles. The Morgan fingerprint density at radius 2 is 1.90 bits per heavy atom. The smallest absolute Gasteiger partial charge is 0.241 e. The van der Waals surface area contributed by atoms with E-state index in [4.69, 9.17) is 5.26 Å². The first-order valence-corrected chi connectivity index (χ1v) is 7.99. The second-order valence-electron chi connectivity index (χ2n) is 4.59.